The fourth-order valence-corrected chi connectivity index (χ4v) is 2.60. The molecular formula is C12H13FN2O2S. The minimum absolute atomic E-state index is 0.134. The van der Waals surface area contributed by atoms with Gasteiger partial charge in [-0.1, -0.05) is 23.4 Å². The minimum Gasteiger partial charge on any atom is -0.338 e. The molecule has 0 saturated heterocycles. The first kappa shape index (κ1) is 12.9. The molecule has 4 nitrogen and oxygen atoms in total. The second-order valence-electron chi connectivity index (χ2n) is 3.94. The van der Waals surface area contributed by atoms with Gasteiger partial charge in [-0.2, -0.15) is 4.98 Å². The molecule has 0 bridgehead atoms. The van der Waals surface area contributed by atoms with Gasteiger partial charge in [0, 0.05) is 16.4 Å². The summed E-state index contributed by atoms with van der Waals surface area (Å²) in [6.07, 6.45) is 0. The topological polar surface area (TPSA) is 56.0 Å². The maximum Gasteiger partial charge on any atom is 0.242 e. The molecule has 18 heavy (non-hydrogen) atoms. The molecule has 0 unspecified atom stereocenters. The molecule has 0 fully saturated rings. The van der Waals surface area contributed by atoms with Crippen molar-refractivity contribution in [2.75, 3.05) is 0 Å². The summed E-state index contributed by atoms with van der Waals surface area (Å²) in [5.74, 6) is 0.608. The molecule has 0 radical (unpaired) electrons. The Hall–Kier alpha value is -1.56. The van der Waals surface area contributed by atoms with Crippen LogP contribution in [0.2, 0.25) is 0 Å². The molecule has 96 valence electrons. The van der Waals surface area contributed by atoms with E-state index < -0.39 is 16.0 Å². The third kappa shape index (κ3) is 2.81. The van der Waals surface area contributed by atoms with Gasteiger partial charge in [0.15, 0.2) is 5.82 Å². The highest BCUT2D eigenvalue weighted by Gasteiger charge is 2.20. The molecule has 0 aliphatic carbocycles. The van der Waals surface area contributed by atoms with Gasteiger partial charge in [-0.05, 0) is 19.9 Å². The molecule has 2 atom stereocenters. The molecule has 1 aromatic heterocycles. The lowest BCUT2D eigenvalue weighted by molar-refractivity contribution is 0.375. The zero-order chi connectivity index (χ0) is 13.1. The molecule has 0 spiro atoms. The molecule has 1 aromatic carbocycles. The molecule has 0 N–H and O–H groups in total. The van der Waals surface area contributed by atoms with Gasteiger partial charge >= 0.3 is 0 Å². The first-order valence-electron chi connectivity index (χ1n) is 5.48. The molecule has 0 saturated carbocycles. The van der Waals surface area contributed by atoms with Crippen molar-refractivity contribution in [2.45, 2.75) is 24.9 Å². The van der Waals surface area contributed by atoms with Crippen LogP contribution in [0.4, 0.5) is 4.39 Å². The summed E-state index contributed by atoms with van der Waals surface area (Å²) < 4.78 is 30.5. The number of halogens is 1. The van der Waals surface area contributed by atoms with E-state index in [1.807, 2.05) is 0 Å². The van der Waals surface area contributed by atoms with Crippen LogP contribution in [0.1, 0.15) is 29.5 Å². The largest absolute Gasteiger partial charge is 0.338 e. The molecule has 0 aliphatic heterocycles. The van der Waals surface area contributed by atoms with Gasteiger partial charge in [-0.3, -0.25) is 4.21 Å². The van der Waals surface area contributed by atoms with Crippen LogP contribution in [-0.2, 0) is 16.6 Å². The predicted molar refractivity (Wildman–Crippen MR) is 65.7 cm³/mol. The lowest BCUT2D eigenvalue weighted by Gasteiger charge is -2.07. The highest BCUT2D eigenvalue weighted by Crippen LogP contribution is 2.21. The second-order valence-corrected chi connectivity index (χ2v) is 5.70. The van der Waals surface area contributed by atoms with E-state index in [9.17, 15) is 8.60 Å². The van der Waals surface area contributed by atoms with Gasteiger partial charge in [0.05, 0.1) is 5.75 Å². The molecular weight excluding hydrogens is 255 g/mol. The number of aromatic nitrogens is 2. The Morgan fingerprint density at radius 1 is 1.44 bits per heavy atom. The summed E-state index contributed by atoms with van der Waals surface area (Å²) >= 11 is 0. The van der Waals surface area contributed by atoms with Crippen LogP contribution in [0.15, 0.2) is 28.8 Å². The molecule has 2 rings (SSSR count). The lowest BCUT2D eigenvalue weighted by atomic mass is 10.2. The molecule has 6 heteroatoms. The summed E-state index contributed by atoms with van der Waals surface area (Å²) in [5, 5.41) is 3.24. The van der Waals surface area contributed by atoms with Gasteiger partial charge in [0.1, 0.15) is 11.1 Å². The zero-order valence-electron chi connectivity index (χ0n) is 10.1. The highest BCUT2D eigenvalue weighted by atomic mass is 32.2. The van der Waals surface area contributed by atoms with E-state index in [1.165, 1.54) is 6.07 Å². The van der Waals surface area contributed by atoms with Crippen LogP contribution in [0.25, 0.3) is 0 Å². The van der Waals surface area contributed by atoms with E-state index in [0.717, 1.165) is 0 Å². The van der Waals surface area contributed by atoms with Crippen molar-refractivity contribution in [3.63, 3.8) is 0 Å². The fraction of sp³-hybridized carbons (Fsp3) is 0.333. The maximum atomic E-state index is 13.4. The first-order chi connectivity index (χ1) is 8.58. The van der Waals surface area contributed by atoms with E-state index in [4.69, 9.17) is 4.52 Å². The van der Waals surface area contributed by atoms with E-state index in [1.54, 1.807) is 32.0 Å². The molecule has 0 aliphatic rings. The van der Waals surface area contributed by atoms with Crippen molar-refractivity contribution in [1.82, 2.24) is 10.1 Å². The SMILES string of the molecule is Cc1noc([C@H](C)[S@@](=O)Cc2ccccc2F)n1. The molecule has 2 aromatic rings. The number of hydrogen-bond donors (Lipinski definition) is 0. The second kappa shape index (κ2) is 5.39. The first-order valence-corrected chi connectivity index (χ1v) is 6.87. The predicted octanol–water partition coefficient (Wildman–Crippen LogP) is 2.53. The van der Waals surface area contributed by atoms with Crippen molar-refractivity contribution in [1.29, 1.82) is 0 Å². The Balaban J connectivity index is 2.11. The van der Waals surface area contributed by atoms with Crippen LogP contribution in [0, 0.1) is 12.7 Å². The van der Waals surface area contributed by atoms with Crippen LogP contribution < -0.4 is 0 Å². The van der Waals surface area contributed by atoms with E-state index in [0.29, 0.717) is 17.3 Å². The minimum atomic E-state index is -1.30. The van der Waals surface area contributed by atoms with Gasteiger partial charge in [-0.15, -0.1) is 0 Å². The smallest absolute Gasteiger partial charge is 0.242 e. The monoisotopic (exact) mass is 268 g/mol. The Kier molecular flexibility index (Phi) is 3.86. The Morgan fingerprint density at radius 2 is 2.17 bits per heavy atom. The maximum absolute atomic E-state index is 13.4. The quantitative estimate of drug-likeness (QED) is 0.855. The van der Waals surface area contributed by atoms with Crippen molar-refractivity contribution >= 4 is 10.8 Å². The van der Waals surface area contributed by atoms with Gasteiger partial charge in [0.2, 0.25) is 5.89 Å². The normalized spacial score (nSPS) is 14.4. The van der Waals surface area contributed by atoms with Crippen LogP contribution in [0.5, 0.6) is 0 Å². The van der Waals surface area contributed by atoms with Crippen molar-refractivity contribution in [2.24, 2.45) is 0 Å². The van der Waals surface area contributed by atoms with Crippen molar-refractivity contribution in [3.05, 3.63) is 47.4 Å². The summed E-state index contributed by atoms with van der Waals surface area (Å²) in [4.78, 5) is 4.03. The summed E-state index contributed by atoms with van der Waals surface area (Å²) in [6.45, 7) is 3.42. The fourth-order valence-electron chi connectivity index (χ4n) is 1.48. The van der Waals surface area contributed by atoms with Crippen molar-refractivity contribution in [3.8, 4) is 0 Å². The summed E-state index contributed by atoms with van der Waals surface area (Å²) in [6, 6.07) is 6.30. The standard InChI is InChI=1S/C12H13FN2O2S/c1-8(12-14-9(2)15-17-12)18(16)7-10-5-3-4-6-11(10)13/h3-6,8H,7H2,1-2H3/t8-,18-/m0/s1. The van der Waals surface area contributed by atoms with Gasteiger partial charge in [-0.25, -0.2) is 4.39 Å². The van der Waals surface area contributed by atoms with Crippen LogP contribution in [0.3, 0.4) is 0 Å². The molecule has 1 heterocycles. The van der Waals surface area contributed by atoms with Gasteiger partial charge < -0.3 is 4.52 Å². The Labute approximate surface area is 107 Å². The lowest BCUT2D eigenvalue weighted by Crippen LogP contribution is -2.07. The summed E-state index contributed by atoms with van der Waals surface area (Å²) in [5.41, 5.74) is 0.430. The average molecular weight is 268 g/mol. The number of hydrogen-bond acceptors (Lipinski definition) is 4. The van der Waals surface area contributed by atoms with Crippen LogP contribution >= 0.6 is 0 Å². The number of nitrogens with zero attached hydrogens (tertiary/aromatic N) is 2. The third-order valence-electron chi connectivity index (χ3n) is 2.54. The van der Waals surface area contributed by atoms with Gasteiger partial charge in [0.25, 0.3) is 0 Å². The summed E-state index contributed by atoms with van der Waals surface area (Å²) in [7, 11) is -1.30. The zero-order valence-corrected chi connectivity index (χ0v) is 10.9. The Morgan fingerprint density at radius 3 is 2.78 bits per heavy atom. The number of benzene rings is 1. The number of rotatable bonds is 4. The Bertz CT molecular complexity index is 571. The van der Waals surface area contributed by atoms with E-state index in [2.05, 4.69) is 10.1 Å². The van der Waals surface area contributed by atoms with E-state index >= 15 is 0 Å². The third-order valence-corrected chi connectivity index (χ3v) is 4.13. The highest BCUT2D eigenvalue weighted by molar-refractivity contribution is 7.84. The average Bonchev–Trinajstić information content (AvgIpc) is 2.78. The molecule has 0 amide bonds. The van der Waals surface area contributed by atoms with Crippen LogP contribution in [-0.4, -0.2) is 14.3 Å². The number of aryl methyl sites for hydroxylation is 1. The van der Waals surface area contributed by atoms with Crippen molar-refractivity contribution < 1.29 is 13.1 Å². The van der Waals surface area contributed by atoms with E-state index in [-0.39, 0.29) is 11.6 Å².